The molecule has 4 N–H and O–H groups in total. The second-order valence-electron chi connectivity index (χ2n) is 5.53. The molecule has 0 saturated carbocycles. The van der Waals surface area contributed by atoms with Crippen molar-refractivity contribution in [2.45, 2.75) is 13.0 Å². The van der Waals surface area contributed by atoms with E-state index in [0.717, 1.165) is 24.4 Å². The van der Waals surface area contributed by atoms with Crippen LogP contribution in [0.15, 0.2) is 65.2 Å². The van der Waals surface area contributed by atoms with Crippen molar-refractivity contribution in [3.63, 3.8) is 0 Å². The van der Waals surface area contributed by atoms with Crippen LogP contribution in [-0.4, -0.2) is 17.4 Å². The van der Waals surface area contributed by atoms with E-state index in [-0.39, 0.29) is 11.7 Å². The molecule has 6 nitrogen and oxygen atoms in total. The van der Waals surface area contributed by atoms with Crippen molar-refractivity contribution in [2.75, 3.05) is 17.6 Å². The van der Waals surface area contributed by atoms with Crippen LogP contribution in [0, 0.1) is 0 Å². The maximum Gasteiger partial charge on any atom is 0.255 e. The lowest BCUT2D eigenvalue weighted by molar-refractivity contribution is 0.0948. The van der Waals surface area contributed by atoms with Crippen molar-refractivity contribution in [3.05, 3.63) is 77.9 Å². The molecule has 3 rings (SSSR count). The molecule has 0 atom stereocenters. The average molecular weight is 336 g/mol. The molecule has 0 aliphatic heterocycles. The Balaban J connectivity index is 1.47. The molecule has 0 spiro atoms. The van der Waals surface area contributed by atoms with Crippen LogP contribution < -0.4 is 16.4 Å². The fraction of sp³-hybridized carbons (Fsp3) is 0.158. The van der Waals surface area contributed by atoms with Gasteiger partial charge in [0.05, 0.1) is 12.1 Å². The normalized spacial score (nSPS) is 10.4. The molecule has 0 unspecified atom stereocenters. The predicted octanol–water partition coefficient (Wildman–Crippen LogP) is 2.84. The zero-order valence-electron chi connectivity index (χ0n) is 13.7. The zero-order chi connectivity index (χ0) is 17.5. The first-order valence-electron chi connectivity index (χ1n) is 8.07. The highest BCUT2D eigenvalue weighted by molar-refractivity contribution is 5.98. The van der Waals surface area contributed by atoms with E-state index in [1.54, 1.807) is 18.3 Å². The SMILES string of the molecule is Nc1ncccc1C(=O)NCc1ccc(CCNc2ccccc2)o1. The molecule has 2 aromatic heterocycles. The monoisotopic (exact) mass is 336 g/mol. The topological polar surface area (TPSA) is 93.2 Å². The van der Waals surface area contributed by atoms with Crippen LogP contribution in [0.4, 0.5) is 11.5 Å². The molecular weight excluding hydrogens is 316 g/mol. The minimum Gasteiger partial charge on any atom is -0.464 e. The summed E-state index contributed by atoms with van der Waals surface area (Å²) in [6.45, 7) is 1.08. The number of para-hydroxylation sites is 1. The number of furan rings is 1. The molecule has 128 valence electrons. The standard InChI is InChI=1S/C19H20N4O2/c20-18-17(7-4-11-22-18)19(24)23-13-16-9-8-15(25-16)10-12-21-14-5-2-1-3-6-14/h1-9,11,21H,10,12-13H2,(H2,20,22)(H,23,24). The molecule has 25 heavy (non-hydrogen) atoms. The molecule has 1 aromatic carbocycles. The molecule has 0 saturated heterocycles. The number of benzene rings is 1. The molecule has 0 fully saturated rings. The third-order valence-electron chi connectivity index (χ3n) is 3.70. The van der Waals surface area contributed by atoms with E-state index in [1.165, 1.54) is 0 Å². The van der Waals surface area contributed by atoms with Gasteiger partial charge in [0, 0.05) is 24.8 Å². The van der Waals surface area contributed by atoms with Gasteiger partial charge in [-0.1, -0.05) is 18.2 Å². The van der Waals surface area contributed by atoms with E-state index in [4.69, 9.17) is 10.2 Å². The molecule has 3 aromatic rings. The summed E-state index contributed by atoms with van der Waals surface area (Å²) in [7, 11) is 0. The summed E-state index contributed by atoms with van der Waals surface area (Å²) in [4.78, 5) is 16.0. The lowest BCUT2D eigenvalue weighted by Crippen LogP contribution is -2.23. The lowest BCUT2D eigenvalue weighted by atomic mass is 10.2. The second-order valence-corrected chi connectivity index (χ2v) is 5.53. The van der Waals surface area contributed by atoms with Crippen LogP contribution >= 0.6 is 0 Å². The molecule has 0 aliphatic carbocycles. The van der Waals surface area contributed by atoms with Gasteiger partial charge in [-0.25, -0.2) is 4.98 Å². The van der Waals surface area contributed by atoms with Crippen LogP contribution in [0.2, 0.25) is 0 Å². The number of anilines is 2. The minimum atomic E-state index is -0.269. The van der Waals surface area contributed by atoms with Gasteiger partial charge in [0.15, 0.2) is 0 Å². The Morgan fingerprint density at radius 1 is 1.04 bits per heavy atom. The van der Waals surface area contributed by atoms with Gasteiger partial charge >= 0.3 is 0 Å². The summed E-state index contributed by atoms with van der Waals surface area (Å²) in [6, 6.07) is 17.1. The van der Waals surface area contributed by atoms with E-state index >= 15 is 0 Å². The van der Waals surface area contributed by atoms with Crippen molar-refractivity contribution >= 4 is 17.4 Å². The number of hydrogen-bond acceptors (Lipinski definition) is 5. The van der Waals surface area contributed by atoms with Crippen molar-refractivity contribution < 1.29 is 9.21 Å². The number of nitrogen functional groups attached to an aromatic ring is 1. The maximum absolute atomic E-state index is 12.1. The van der Waals surface area contributed by atoms with Gasteiger partial charge in [-0.05, 0) is 36.4 Å². The average Bonchev–Trinajstić information content (AvgIpc) is 3.09. The van der Waals surface area contributed by atoms with E-state index in [2.05, 4.69) is 15.6 Å². The summed E-state index contributed by atoms with van der Waals surface area (Å²) in [5.41, 5.74) is 7.14. The van der Waals surface area contributed by atoms with Crippen LogP contribution in [0.25, 0.3) is 0 Å². The summed E-state index contributed by atoms with van der Waals surface area (Å²) in [6.07, 6.45) is 2.31. The quantitative estimate of drug-likeness (QED) is 0.617. The van der Waals surface area contributed by atoms with E-state index in [1.807, 2.05) is 42.5 Å². The highest BCUT2D eigenvalue weighted by atomic mass is 16.3. The predicted molar refractivity (Wildman–Crippen MR) is 97.2 cm³/mol. The molecular formula is C19H20N4O2. The summed E-state index contributed by atoms with van der Waals surface area (Å²) in [5, 5.41) is 6.11. The Bertz CT molecular complexity index is 830. The first-order chi connectivity index (χ1) is 12.2. The first kappa shape index (κ1) is 16.6. The van der Waals surface area contributed by atoms with Gasteiger partial charge in [-0.3, -0.25) is 4.79 Å². The van der Waals surface area contributed by atoms with Gasteiger partial charge in [0.1, 0.15) is 17.3 Å². The number of amides is 1. The van der Waals surface area contributed by atoms with Gasteiger partial charge in [-0.2, -0.15) is 0 Å². The van der Waals surface area contributed by atoms with E-state index in [9.17, 15) is 4.79 Å². The number of nitrogens with two attached hydrogens (primary N) is 1. The van der Waals surface area contributed by atoms with Gasteiger partial charge in [0.2, 0.25) is 0 Å². The van der Waals surface area contributed by atoms with Crippen LogP contribution in [-0.2, 0) is 13.0 Å². The number of aromatic nitrogens is 1. The largest absolute Gasteiger partial charge is 0.464 e. The van der Waals surface area contributed by atoms with E-state index in [0.29, 0.717) is 17.9 Å². The van der Waals surface area contributed by atoms with Crippen molar-refractivity contribution in [2.24, 2.45) is 0 Å². The molecule has 6 heteroatoms. The summed E-state index contributed by atoms with van der Waals surface area (Å²) in [5.74, 6) is 1.51. The van der Waals surface area contributed by atoms with Crippen LogP contribution in [0.3, 0.4) is 0 Å². The third kappa shape index (κ3) is 4.60. The number of rotatable bonds is 7. The third-order valence-corrected chi connectivity index (χ3v) is 3.70. The lowest BCUT2D eigenvalue weighted by Gasteiger charge is -2.05. The highest BCUT2D eigenvalue weighted by Gasteiger charge is 2.10. The van der Waals surface area contributed by atoms with Crippen LogP contribution in [0.5, 0.6) is 0 Å². The number of nitrogens with one attached hydrogen (secondary N) is 2. The number of carbonyl (C=O) groups is 1. The second kappa shape index (κ2) is 8.01. The fourth-order valence-electron chi connectivity index (χ4n) is 2.41. The summed E-state index contributed by atoms with van der Waals surface area (Å²) < 4.78 is 5.74. The Kier molecular flexibility index (Phi) is 5.31. The van der Waals surface area contributed by atoms with Crippen molar-refractivity contribution in [1.82, 2.24) is 10.3 Å². The van der Waals surface area contributed by atoms with Crippen molar-refractivity contribution in [3.8, 4) is 0 Å². The van der Waals surface area contributed by atoms with Gasteiger partial charge < -0.3 is 20.8 Å². The molecule has 0 radical (unpaired) electrons. The van der Waals surface area contributed by atoms with Crippen molar-refractivity contribution in [1.29, 1.82) is 0 Å². The number of hydrogen-bond donors (Lipinski definition) is 3. The van der Waals surface area contributed by atoms with E-state index < -0.39 is 0 Å². The van der Waals surface area contributed by atoms with Gasteiger partial charge in [0.25, 0.3) is 5.91 Å². The number of pyridine rings is 1. The Morgan fingerprint density at radius 3 is 2.64 bits per heavy atom. The smallest absolute Gasteiger partial charge is 0.255 e. The maximum atomic E-state index is 12.1. The Hall–Kier alpha value is -3.28. The molecule has 1 amide bonds. The highest BCUT2D eigenvalue weighted by Crippen LogP contribution is 2.11. The van der Waals surface area contributed by atoms with Gasteiger partial charge in [-0.15, -0.1) is 0 Å². The Morgan fingerprint density at radius 2 is 1.84 bits per heavy atom. The number of nitrogens with zero attached hydrogens (tertiary/aromatic N) is 1. The first-order valence-corrected chi connectivity index (χ1v) is 8.07. The molecule has 0 aliphatic rings. The Labute approximate surface area is 146 Å². The summed E-state index contributed by atoms with van der Waals surface area (Å²) >= 11 is 0. The fourth-order valence-corrected chi connectivity index (χ4v) is 2.41. The number of carbonyl (C=O) groups excluding carboxylic acids is 1. The minimum absolute atomic E-state index is 0.215. The molecule has 0 bridgehead atoms. The molecule has 2 heterocycles. The zero-order valence-corrected chi connectivity index (χ0v) is 13.7. The van der Waals surface area contributed by atoms with Crippen LogP contribution in [0.1, 0.15) is 21.9 Å².